The smallest absolute Gasteiger partial charge is 0.0451 e. The van der Waals surface area contributed by atoms with Crippen molar-refractivity contribution in [1.82, 2.24) is 5.32 Å². The highest BCUT2D eigenvalue weighted by Crippen LogP contribution is 2.26. The quantitative estimate of drug-likeness (QED) is 0.877. The van der Waals surface area contributed by atoms with Crippen LogP contribution < -0.4 is 10.2 Å². The first-order chi connectivity index (χ1) is 9.13. The number of nitrogens with one attached hydrogen (secondary N) is 1. The molecule has 0 aromatic heterocycles. The summed E-state index contributed by atoms with van der Waals surface area (Å²) in [6, 6.07) is 7.58. The Morgan fingerprint density at radius 3 is 2.79 bits per heavy atom. The average molecular weight is 262 g/mol. The molecule has 106 valence electrons. The van der Waals surface area contributed by atoms with Crippen LogP contribution in [0.2, 0.25) is 0 Å². The number of aliphatic hydroxyl groups is 1. The molecule has 0 bridgehead atoms. The highest BCUT2D eigenvalue weighted by Gasteiger charge is 2.26. The molecule has 2 unspecified atom stereocenters. The number of nitrogens with zero attached hydrogens (tertiary/aromatic N) is 1. The van der Waals surface area contributed by atoms with Crippen LogP contribution in [0.4, 0.5) is 5.69 Å². The Morgan fingerprint density at radius 1 is 1.32 bits per heavy atom. The molecular formula is C16H26N2O. The lowest BCUT2D eigenvalue weighted by atomic mass is 10.0. The molecule has 1 heterocycles. The lowest BCUT2D eigenvalue weighted by Gasteiger charge is -2.36. The van der Waals surface area contributed by atoms with Crippen molar-refractivity contribution >= 4 is 5.69 Å². The first kappa shape index (κ1) is 14.4. The van der Waals surface area contributed by atoms with Crippen molar-refractivity contribution in [2.24, 2.45) is 0 Å². The minimum atomic E-state index is 0.250. The van der Waals surface area contributed by atoms with Crippen LogP contribution in [0.5, 0.6) is 0 Å². The number of benzene rings is 1. The van der Waals surface area contributed by atoms with Gasteiger partial charge < -0.3 is 15.3 Å². The van der Waals surface area contributed by atoms with E-state index in [0.29, 0.717) is 12.1 Å². The Kier molecular flexibility index (Phi) is 4.83. The lowest BCUT2D eigenvalue weighted by molar-refractivity contribution is 0.271. The van der Waals surface area contributed by atoms with Crippen LogP contribution >= 0.6 is 0 Å². The van der Waals surface area contributed by atoms with Crippen molar-refractivity contribution in [3.8, 4) is 0 Å². The molecule has 1 saturated heterocycles. The number of hydrogen-bond donors (Lipinski definition) is 2. The monoisotopic (exact) mass is 262 g/mol. The van der Waals surface area contributed by atoms with Gasteiger partial charge in [-0.25, -0.2) is 0 Å². The average Bonchev–Trinajstić information content (AvgIpc) is 2.56. The molecule has 0 aliphatic carbocycles. The Labute approximate surface area is 116 Å². The summed E-state index contributed by atoms with van der Waals surface area (Å²) in [5.41, 5.74) is 3.96. The second kappa shape index (κ2) is 6.40. The van der Waals surface area contributed by atoms with Crippen molar-refractivity contribution in [2.75, 3.05) is 24.6 Å². The first-order valence-corrected chi connectivity index (χ1v) is 7.30. The molecule has 0 radical (unpaired) electrons. The Balaban J connectivity index is 2.31. The van der Waals surface area contributed by atoms with Gasteiger partial charge in [0.05, 0.1) is 0 Å². The molecule has 1 aliphatic rings. The molecule has 2 rings (SSSR count). The SMILES string of the molecule is Cc1ccc(N2C(C)CCNCC2CCO)cc1C. The predicted octanol–water partition coefficient (Wildman–Crippen LogP) is 2.24. The van der Waals surface area contributed by atoms with Crippen LogP contribution in [-0.4, -0.2) is 36.9 Å². The predicted molar refractivity (Wildman–Crippen MR) is 80.8 cm³/mol. The lowest BCUT2D eigenvalue weighted by Crippen LogP contribution is -2.44. The summed E-state index contributed by atoms with van der Waals surface area (Å²) >= 11 is 0. The van der Waals surface area contributed by atoms with E-state index in [1.54, 1.807) is 0 Å². The number of aliphatic hydroxyl groups excluding tert-OH is 1. The standard InChI is InChI=1S/C16H26N2O/c1-12-4-5-15(10-13(12)2)18-14(3)6-8-17-11-16(18)7-9-19/h4-5,10,14,16-17,19H,6-9,11H2,1-3H3. The summed E-state index contributed by atoms with van der Waals surface area (Å²) in [5.74, 6) is 0. The highest BCUT2D eigenvalue weighted by molar-refractivity contribution is 5.52. The van der Waals surface area contributed by atoms with E-state index < -0.39 is 0 Å². The van der Waals surface area contributed by atoms with Crippen LogP contribution in [0.1, 0.15) is 30.9 Å². The molecule has 0 saturated carbocycles. The molecular weight excluding hydrogens is 236 g/mol. The van der Waals surface area contributed by atoms with E-state index >= 15 is 0 Å². The third kappa shape index (κ3) is 3.28. The van der Waals surface area contributed by atoms with Gasteiger partial charge in [0, 0.05) is 30.9 Å². The van der Waals surface area contributed by atoms with Gasteiger partial charge in [-0.1, -0.05) is 6.07 Å². The van der Waals surface area contributed by atoms with Gasteiger partial charge in [0.2, 0.25) is 0 Å². The molecule has 0 spiro atoms. The van der Waals surface area contributed by atoms with E-state index in [-0.39, 0.29) is 6.61 Å². The van der Waals surface area contributed by atoms with Gasteiger partial charge in [0.15, 0.2) is 0 Å². The third-order valence-electron chi connectivity index (χ3n) is 4.24. The van der Waals surface area contributed by atoms with E-state index in [9.17, 15) is 5.11 Å². The first-order valence-electron chi connectivity index (χ1n) is 7.30. The van der Waals surface area contributed by atoms with Gasteiger partial charge in [-0.3, -0.25) is 0 Å². The largest absolute Gasteiger partial charge is 0.396 e. The minimum Gasteiger partial charge on any atom is -0.396 e. The van der Waals surface area contributed by atoms with E-state index in [0.717, 1.165) is 25.9 Å². The zero-order valence-corrected chi connectivity index (χ0v) is 12.3. The van der Waals surface area contributed by atoms with Crippen LogP contribution in [-0.2, 0) is 0 Å². The summed E-state index contributed by atoms with van der Waals surface area (Å²) in [6.07, 6.45) is 1.97. The summed E-state index contributed by atoms with van der Waals surface area (Å²) in [6.45, 7) is 8.87. The topological polar surface area (TPSA) is 35.5 Å². The van der Waals surface area contributed by atoms with Crippen LogP contribution in [0, 0.1) is 13.8 Å². The van der Waals surface area contributed by atoms with Gasteiger partial charge in [-0.05, 0) is 63.4 Å². The van der Waals surface area contributed by atoms with Crippen LogP contribution in [0.25, 0.3) is 0 Å². The molecule has 3 heteroatoms. The number of hydrogen-bond acceptors (Lipinski definition) is 3. The summed E-state index contributed by atoms with van der Waals surface area (Å²) in [7, 11) is 0. The number of anilines is 1. The van der Waals surface area contributed by atoms with Crippen LogP contribution in [0.3, 0.4) is 0 Å². The molecule has 0 amide bonds. The summed E-state index contributed by atoms with van der Waals surface area (Å²) < 4.78 is 0. The molecule has 19 heavy (non-hydrogen) atoms. The zero-order chi connectivity index (χ0) is 13.8. The highest BCUT2D eigenvalue weighted by atomic mass is 16.3. The van der Waals surface area contributed by atoms with Crippen molar-refractivity contribution < 1.29 is 5.11 Å². The molecule has 3 nitrogen and oxygen atoms in total. The zero-order valence-electron chi connectivity index (χ0n) is 12.3. The molecule has 1 aliphatic heterocycles. The molecule has 2 N–H and O–H groups in total. The Morgan fingerprint density at radius 2 is 2.11 bits per heavy atom. The fourth-order valence-electron chi connectivity index (χ4n) is 2.92. The van der Waals surface area contributed by atoms with Crippen molar-refractivity contribution in [3.63, 3.8) is 0 Å². The summed E-state index contributed by atoms with van der Waals surface area (Å²) in [4.78, 5) is 2.49. The van der Waals surface area contributed by atoms with Crippen LogP contribution in [0.15, 0.2) is 18.2 Å². The Bertz CT molecular complexity index is 419. The minimum absolute atomic E-state index is 0.250. The van der Waals surface area contributed by atoms with E-state index in [1.165, 1.54) is 16.8 Å². The number of rotatable bonds is 3. The molecule has 1 aromatic rings. The maximum atomic E-state index is 9.31. The van der Waals surface area contributed by atoms with E-state index in [2.05, 4.69) is 49.2 Å². The molecule has 1 aromatic carbocycles. The molecule has 2 atom stereocenters. The van der Waals surface area contributed by atoms with Crippen molar-refractivity contribution in [2.45, 2.75) is 45.7 Å². The van der Waals surface area contributed by atoms with Gasteiger partial charge in [0.25, 0.3) is 0 Å². The van der Waals surface area contributed by atoms with Crippen molar-refractivity contribution in [1.29, 1.82) is 0 Å². The number of aryl methyl sites for hydroxylation is 2. The van der Waals surface area contributed by atoms with E-state index in [1.807, 2.05) is 0 Å². The van der Waals surface area contributed by atoms with Gasteiger partial charge in [-0.2, -0.15) is 0 Å². The maximum absolute atomic E-state index is 9.31. The summed E-state index contributed by atoms with van der Waals surface area (Å²) in [5, 5.41) is 12.8. The normalized spacial score (nSPS) is 24.3. The molecule has 1 fully saturated rings. The maximum Gasteiger partial charge on any atom is 0.0451 e. The van der Waals surface area contributed by atoms with Gasteiger partial charge >= 0.3 is 0 Å². The second-order valence-corrected chi connectivity index (χ2v) is 5.68. The Hall–Kier alpha value is -1.06. The third-order valence-corrected chi connectivity index (χ3v) is 4.24. The van der Waals surface area contributed by atoms with Gasteiger partial charge in [0.1, 0.15) is 0 Å². The second-order valence-electron chi connectivity index (χ2n) is 5.68. The van der Waals surface area contributed by atoms with Gasteiger partial charge in [-0.15, -0.1) is 0 Å². The fraction of sp³-hybridized carbons (Fsp3) is 0.625. The fourth-order valence-corrected chi connectivity index (χ4v) is 2.92. The van der Waals surface area contributed by atoms with Crippen molar-refractivity contribution in [3.05, 3.63) is 29.3 Å². The van der Waals surface area contributed by atoms with E-state index in [4.69, 9.17) is 0 Å².